The zero-order valence-electron chi connectivity index (χ0n) is 32.6. The largest absolute Gasteiger partial charge is 0.490 e. The normalized spacial score (nSPS) is 25.0. The Morgan fingerprint density at radius 1 is 0.831 bits per heavy atom. The summed E-state index contributed by atoms with van der Waals surface area (Å²) in [6.07, 6.45) is 5.17. The number of carbonyl (C=O) groups is 5. The SMILES string of the molecule is N#Cc1ccc(OC2C[C@H]3CC[C@@H](C2)N3C(=O)c2ccc(N3CCN(CC4CCN(c5ccc6c(c5)C(=O)N(C5CCC(=O)NC5=O)C6=O)CC4)CC3)c(F)c2)cc1Cl. The van der Waals surface area contributed by atoms with E-state index in [4.69, 9.17) is 21.6 Å². The molecule has 3 aromatic rings. The number of nitrogens with zero attached hydrogens (tertiary/aromatic N) is 6. The molecule has 59 heavy (non-hydrogen) atoms. The predicted octanol–water partition coefficient (Wildman–Crippen LogP) is 5.01. The van der Waals surface area contributed by atoms with Crippen molar-refractivity contribution in [3.63, 3.8) is 0 Å². The van der Waals surface area contributed by atoms with Gasteiger partial charge < -0.3 is 19.4 Å². The lowest BCUT2D eigenvalue weighted by Crippen LogP contribution is -2.54. The molecule has 0 saturated carbocycles. The summed E-state index contributed by atoms with van der Waals surface area (Å²) in [6, 6.07) is 16.3. The van der Waals surface area contributed by atoms with Crippen LogP contribution in [0.3, 0.4) is 0 Å². The number of carbonyl (C=O) groups excluding carboxylic acids is 5. The van der Waals surface area contributed by atoms with Crippen molar-refractivity contribution in [3.05, 3.63) is 87.7 Å². The molecule has 0 aromatic heterocycles. The molecule has 3 aromatic carbocycles. The molecule has 9 rings (SSSR count). The first kappa shape index (κ1) is 39.0. The standard InChI is InChI=1S/C44H45ClFN7O6/c45-36-23-32(6-1-28(36)24-47)59-33-20-30-3-4-31(21-33)52(30)42(56)27-2-8-38(37(46)19-27)51-17-15-49(16-18-51)25-26-11-13-50(14-12-26)29-5-7-34-35(22-29)44(58)53(43(34)57)39-9-10-40(54)48-41(39)55/h1-2,5-8,19,22-23,26,30-31,33,39H,3-4,9-18,20-21,25H2,(H,48,54,55)/t30-,31+,33?,39?. The maximum absolute atomic E-state index is 15.7. The smallest absolute Gasteiger partial charge is 0.262 e. The van der Waals surface area contributed by atoms with Crippen LogP contribution >= 0.6 is 11.6 Å². The van der Waals surface area contributed by atoms with Gasteiger partial charge in [-0.15, -0.1) is 0 Å². The number of hydrogen-bond acceptors (Lipinski definition) is 10. The van der Waals surface area contributed by atoms with E-state index < -0.39 is 29.7 Å². The zero-order chi connectivity index (χ0) is 40.9. The van der Waals surface area contributed by atoms with Crippen LogP contribution in [0.1, 0.15) is 88.0 Å². The number of nitriles is 1. The Labute approximate surface area is 346 Å². The molecule has 1 N–H and O–H groups in total. The Morgan fingerprint density at radius 3 is 2.24 bits per heavy atom. The molecule has 5 amide bonds. The van der Waals surface area contributed by atoms with Crippen molar-refractivity contribution in [1.82, 2.24) is 20.0 Å². The van der Waals surface area contributed by atoms with Gasteiger partial charge in [0.25, 0.3) is 17.7 Å². The molecule has 2 bridgehead atoms. The van der Waals surface area contributed by atoms with Crippen molar-refractivity contribution in [2.75, 3.05) is 55.6 Å². The van der Waals surface area contributed by atoms with E-state index in [1.807, 2.05) is 11.0 Å². The van der Waals surface area contributed by atoms with Crippen LogP contribution in [0.5, 0.6) is 5.75 Å². The molecule has 5 fully saturated rings. The molecule has 15 heteroatoms. The van der Waals surface area contributed by atoms with Crippen LogP contribution in [-0.2, 0) is 9.59 Å². The van der Waals surface area contributed by atoms with Gasteiger partial charge in [-0.1, -0.05) is 11.6 Å². The molecule has 0 spiro atoms. The number of amides is 5. The molecule has 6 aliphatic heterocycles. The minimum atomic E-state index is -0.988. The van der Waals surface area contributed by atoms with Gasteiger partial charge in [-0.05, 0) is 86.6 Å². The molecule has 4 atom stereocenters. The van der Waals surface area contributed by atoms with E-state index in [1.165, 1.54) is 6.07 Å². The summed E-state index contributed by atoms with van der Waals surface area (Å²) < 4.78 is 21.9. The second kappa shape index (κ2) is 15.9. The molecule has 2 unspecified atom stereocenters. The van der Waals surface area contributed by atoms with Crippen LogP contribution in [0, 0.1) is 23.1 Å². The first-order valence-corrected chi connectivity index (χ1v) is 21.0. The van der Waals surface area contributed by atoms with E-state index in [0.29, 0.717) is 59.4 Å². The highest BCUT2D eigenvalue weighted by Gasteiger charge is 2.46. The average Bonchev–Trinajstić information content (AvgIpc) is 3.64. The maximum Gasteiger partial charge on any atom is 0.262 e. The second-order valence-electron chi connectivity index (χ2n) is 16.6. The fourth-order valence-electron chi connectivity index (χ4n) is 10.0. The quantitative estimate of drug-likeness (QED) is 0.308. The average molecular weight is 822 g/mol. The first-order valence-electron chi connectivity index (χ1n) is 20.6. The van der Waals surface area contributed by atoms with Gasteiger partial charge in [0, 0.05) is 94.5 Å². The Kier molecular flexibility index (Phi) is 10.5. The number of halogens is 2. The molecule has 6 heterocycles. The van der Waals surface area contributed by atoms with Gasteiger partial charge in [-0.3, -0.25) is 39.1 Å². The minimum absolute atomic E-state index is 0.0137. The van der Waals surface area contributed by atoms with Gasteiger partial charge in [0.1, 0.15) is 29.8 Å². The van der Waals surface area contributed by atoms with E-state index in [9.17, 15) is 24.0 Å². The van der Waals surface area contributed by atoms with Crippen molar-refractivity contribution in [3.8, 4) is 11.8 Å². The maximum atomic E-state index is 15.7. The van der Waals surface area contributed by atoms with Crippen LogP contribution in [-0.4, -0.2) is 114 Å². The summed E-state index contributed by atoms with van der Waals surface area (Å²) in [5.74, 6) is -1.47. The number of hydrogen-bond donors (Lipinski definition) is 1. The number of piperidine rings is 3. The molecular weight excluding hydrogens is 777 g/mol. The van der Waals surface area contributed by atoms with Crippen molar-refractivity contribution in [2.24, 2.45) is 5.92 Å². The van der Waals surface area contributed by atoms with Crippen LogP contribution in [0.4, 0.5) is 15.8 Å². The number of fused-ring (bicyclic) bond motifs is 3. The van der Waals surface area contributed by atoms with Crippen LogP contribution in [0.15, 0.2) is 54.6 Å². The molecule has 306 valence electrons. The summed E-state index contributed by atoms with van der Waals surface area (Å²) in [5, 5.41) is 11.8. The van der Waals surface area contributed by atoms with Crippen LogP contribution < -0.4 is 19.9 Å². The van der Waals surface area contributed by atoms with Crippen molar-refractivity contribution in [2.45, 2.75) is 75.6 Å². The lowest BCUT2D eigenvalue weighted by molar-refractivity contribution is -0.136. The molecule has 13 nitrogen and oxygen atoms in total. The number of anilines is 2. The summed E-state index contributed by atoms with van der Waals surface area (Å²) in [6.45, 7) is 5.53. The fourth-order valence-corrected chi connectivity index (χ4v) is 10.2. The third-order valence-electron chi connectivity index (χ3n) is 13.1. The van der Waals surface area contributed by atoms with Crippen molar-refractivity contribution in [1.29, 1.82) is 5.26 Å². The third kappa shape index (κ3) is 7.51. The lowest BCUT2D eigenvalue weighted by Gasteiger charge is -2.40. The first-order chi connectivity index (χ1) is 28.5. The van der Waals surface area contributed by atoms with Crippen molar-refractivity contribution < 1.29 is 33.1 Å². The second-order valence-corrected chi connectivity index (χ2v) is 17.0. The van der Waals surface area contributed by atoms with E-state index in [-0.39, 0.29) is 53.9 Å². The van der Waals surface area contributed by atoms with Crippen LogP contribution in [0.25, 0.3) is 0 Å². The number of nitrogens with one attached hydrogen (secondary N) is 1. The van der Waals surface area contributed by atoms with E-state index in [2.05, 4.69) is 26.1 Å². The lowest BCUT2D eigenvalue weighted by atomic mass is 9.95. The Balaban J connectivity index is 0.743. The molecular formula is C44H45ClFN7O6. The van der Waals surface area contributed by atoms with E-state index in [0.717, 1.165) is 69.0 Å². The minimum Gasteiger partial charge on any atom is -0.490 e. The summed E-state index contributed by atoms with van der Waals surface area (Å²) in [7, 11) is 0. The zero-order valence-corrected chi connectivity index (χ0v) is 33.3. The highest BCUT2D eigenvalue weighted by Crippen LogP contribution is 2.39. The predicted molar refractivity (Wildman–Crippen MR) is 216 cm³/mol. The Hall–Kier alpha value is -5.52. The van der Waals surface area contributed by atoms with Gasteiger partial charge in [-0.25, -0.2) is 4.39 Å². The highest BCUT2D eigenvalue weighted by atomic mass is 35.5. The summed E-state index contributed by atoms with van der Waals surface area (Å²) >= 11 is 6.21. The number of benzene rings is 3. The van der Waals surface area contributed by atoms with Crippen LogP contribution in [0.2, 0.25) is 5.02 Å². The van der Waals surface area contributed by atoms with Crippen molar-refractivity contribution >= 4 is 52.5 Å². The van der Waals surface area contributed by atoms with Gasteiger partial charge in [0.05, 0.1) is 27.4 Å². The highest BCUT2D eigenvalue weighted by molar-refractivity contribution is 6.31. The van der Waals surface area contributed by atoms with Gasteiger partial charge >= 0.3 is 0 Å². The number of imide groups is 2. The van der Waals surface area contributed by atoms with Gasteiger partial charge in [-0.2, -0.15) is 5.26 Å². The molecule has 6 aliphatic rings. The third-order valence-corrected chi connectivity index (χ3v) is 13.4. The topological polar surface area (TPSA) is 147 Å². The van der Waals surface area contributed by atoms with E-state index in [1.54, 1.807) is 42.5 Å². The Bertz CT molecular complexity index is 2250. The fraction of sp³-hybridized carbons (Fsp3) is 0.455. The molecule has 5 saturated heterocycles. The van der Waals surface area contributed by atoms with Gasteiger partial charge in [0.15, 0.2) is 0 Å². The number of ether oxygens (including phenoxy) is 1. The Morgan fingerprint density at radius 2 is 1.56 bits per heavy atom. The summed E-state index contributed by atoms with van der Waals surface area (Å²) in [5.41, 5.74) is 2.70. The van der Waals surface area contributed by atoms with Gasteiger partial charge in [0.2, 0.25) is 11.8 Å². The summed E-state index contributed by atoms with van der Waals surface area (Å²) in [4.78, 5) is 74.0. The number of rotatable bonds is 8. The number of piperazine rings is 1. The molecule has 0 aliphatic carbocycles. The molecule has 0 radical (unpaired) electrons. The van der Waals surface area contributed by atoms with E-state index >= 15 is 4.39 Å². The monoisotopic (exact) mass is 821 g/mol.